The topological polar surface area (TPSA) is 41.9 Å². The number of aliphatic hydroxyl groups is 1. The van der Waals surface area contributed by atoms with Crippen LogP contribution in [0.1, 0.15) is 29.0 Å². The van der Waals surface area contributed by atoms with Crippen LogP contribution in [0.15, 0.2) is 78.9 Å². The normalized spacial score (nSPS) is 11.6. The van der Waals surface area contributed by atoms with Crippen LogP contribution < -0.4 is 4.74 Å². The van der Waals surface area contributed by atoms with E-state index in [1.807, 2.05) is 12.1 Å². The lowest BCUT2D eigenvalue weighted by Crippen LogP contribution is -2.29. The molecule has 1 N–H and O–H groups in total. The Balaban J connectivity index is 0.00000187. The molecule has 4 nitrogen and oxygen atoms in total. The Morgan fingerprint density at radius 2 is 1.55 bits per heavy atom. The summed E-state index contributed by atoms with van der Waals surface area (Å²) in [5.74, 6) is 0.772. The fourth-order valence-electron chi connectivity index (χ4n) is 3.95. The lowest BCUT2D eigenvalue weighted by atomic mass is 9.88. The van der Waals surface area contributed by atoms with Crippen LogP contribution in [0.5, 0.6) is 5.75 Å². The van der Waals surface area contributed by atoms with Gasteiger partial charge in [0.15, 0.2) is 0 Å². The Labute approximate surface area is 197 Å². The van der Waals surface area contributed by atoms with E-state index in [2.05, 4.69) is 53.4 Å². The summed E-state index contributed by atoms with van der Waals surface area (Å²) < 4.78 is 24.8. The second-order valence-electron chi connectivity index (χ2n) is 7.81. The van der Waals surface area contributed by atoms with Crippen molar-refractivity contribution in [3.8, 4) is 5.75 Å². The zero-order valence-corrected chi connectivity index (χ0v) is 19.9. The molecule has 0 fully saturated rings. The Kier molecular flexibility index (Phi) is 12.2. The zero-order valence-electron chi connectivity index (χ0n) is 19.9. The van der Waals surface area contributed by atoms with E-state index in [-0.39, 0.29) is 11.7 Å². The van der Waals surface area contributed by atoms with Gasteiger partial charge in [-0.1, -0.05) is 60.7 Å². The van der Waals surface area contributed by atoms with Crippen molar-refractivity contribution in [1.29, 1.82) is 0 Å². The first-order valence-electron chi connectivity index (χ1n) is 11.3. The molecule has 0 aliphatic carbocycles. The summed E-state index contributed by atoms with van der Waals surface area (Å²) in [6, 6.07) is 25.8. The lowest BCUT2D eigenvalue weighted by Gasteiger charge is -2.26. The number of benzene rings is 3. The summed E-state index contributed by atoms with van der Waals surface area (Å²) in [6.45, 7) is 3.38. The summed E-state index contributed by atoms with van der Waals surface area (Å²) in [5, 5.41) is 7.00. The van der Waals surface area contributed by atoms with E-state index in [0.29, 0.717) is 6.61 Å². The van der Waals surface area contributed by atoms with Gasteiger partial charge in [-0.2, -0.15) is 0 Å². The third-order valence-electron chi connectivity index (χ3n) is 5.63. The number of hydrogen-bond donors (Lipinski definition) is 1. The molecule has 0 saturated heterocycles. The van der Waals surface area contributed by atoms with Gasteiger partial charge in [-0.15, -0.1) is 0 Å². The molecule has 0 saturated carbocycles. The van der Waals surface area contributed by atoms with Crippen molar-refractivity contribution < 1.29 is 19.0 Å². The summed E-state index contributed by atoms with van der Waals surface area (Å²) >= 11 is 0. The van der Waals surface area contributed by atoms with Crippen LogP contribution >= 0.6 is 0 Å². The molecule has 0 amide bonds. The average Bonchev–Trinajstić information content (AvgIpc) is 2.87. The molecule has 0 aliphatic rings. The van der Waals surface area contributed by atoms with Crippen molar-refractivity contribution in [1.82, 2.24) is 4.90 Å². The van der Waals surface area contributed by atoms with E-state index in [4.69, 9.17) is 14.6 Å². The SMILES string of the molecule is CO.COCCN(CC[C@@H](Cc1cc(F)ccc1OC)c1ccccc1)Cc1ccccc1. The molecule has 0 aromatic heterocycles. The highest BCUT2D eigenvalue weighted by atomic mass is 19.1. The van der Waals surface area contributed by atoms with Crippen molar-refractivity contribution in [3.63, 3.8) is 0 Å². The highest BCUT2D eigenvalue weighted by molar-refractivity contribution is 5.36. The highest BCUT2D eigenvalue weighted by Crippen LogP contribution is 2.30. The highest BCUT2D eigenvalue weighted by Gasteiger charge is 2.17. The standard InChI is InChI=1S/C27H32FNO2.CH4O/c1-30-18-17-29(21-22-9-5-3-6-10-22)16-15-24(23-11-7-4-8-12-23)19-25-20-26(28)13-14-27(25)31-2;1-2/h3-14,20,24H,15-19,21H2,1-2H3;2H,1H3/t24-;/m0./s1. The minimum atomic E-state index is -0.228. The number of methoxy groups -OCH3 is 2. The first kappa shape index (κ1) is 26.5. The summed E-state index contributed by atoms with van der Waals surface area (Å²) in [4.78, 5) is 2.43. The van der Waals surface area contributed by atoms with Crippen molar-refractivity contribution in [2.75, 3.05) is 41.0 Å². The largest absolute Gasteiger partial charge is 0.496 e. The zero-order chi connectivity index (χ0) is 23.9. The third-order valence-corrected chi connectivity index (χ3v) is 5.63. The fourth-order valence-corrected chi connectivity index (χ4v) is 3.95. The van der Waals surface area contributed by atoms with E-state index in [1.54, 1.807) is 26.4 Å². The molecular formula is C28H36FNO3. The molecule has 0 aliphatic heterocycles. The van der Waals surface area contributed by atoms with Crippen molar-refractivity contribution in [2.24, 2.45) is 0 Å². The van der Waals surface area contributed by atoms with Crippen molar-refractivity contribution >= 4 is 0 Å². The second kappa shape index (κ2) is 15.2. The first-order valence-corrected chi connectivity index (χ1v) is 11.3. The van der Waals surface area contributed by atoms with Gasteiger partial charge in [0, 0.05) is 27.3 Å². The molecule has 0 heterocycles. The smallest absolute Gasteiger partial charge is 0.123 e. The molecule has 0 radical (unpaired) electrons. The molecule has 3 rings (SSSR count). The average molecular weight is 454 g/mol. The predicted octanol–water partition coefficient (Wildman–Crippen LogP) is 5.31. The molecule has 3 aromatic carbocycles. The minimum absolute atomic E-state index is 0.228. The van der Waals surface area contributed by atoms with Gasteiger partial charge in [0.25, 0.3) is 0 Å². The van der Waals surface area contributed by atoms with Crippen LogP contribution in [0, 0.1) is 5.82 Å². The summed E-state index contributed by atoms with van der Waals surface area (Å²) in [7, 11) is 4.38. The van der Waals surface area contributed by atoms with E-state index in [0.717, 1.165) is 50.9 Å². The Bertz CT molecular complexity index is 906. The van der Waals surface area contributed by atoms with Gasteiger partial charge in [-0.25, -0.2) is 4.39 Å². The Hall–Kier alpha value is -2.73. The maximum absolute atomic E-state index is 14.0. The number of rotatable bonds is 12. The Morgan fingerprint density at radius 1 is 0.879 bits per heavy atom. The molecule has 178 valence electrons. The second-order valence-corrected chi connectivity index (χ2v) is 7.81. The molecule has 33 heavy (non-hydrogen) atoms. The van der Waals surface area contributed by atoms with Crippen LogP contribution in [0.3, 0.4) is 0 Å². The van der Waals surface area contributed by atoms with Crippen LogP contribution in [-0.2, 0) is 17.7 Å². The monoisotopic (exact) mass is 453 g/mol. The first-order chi connectivity index (χ1) is 16.2. The number of halogens is 1. The van der Waals surface area contributed by atoms with Crippen LogP contribution in [0.4, 0.5) is 4.39 Å². The fraction of sp³-hybridized carbons (Fsp3) is 0.357. The summed E-state index contributed by atoms with van der Waals surface area (Å²) in [5.41, 5.74) is 3.46. The van der Waals surface area contributed by atoms with Crippen LogP contribution in [0.25, 0.3) is 0 Å². The molecule has 0 unspecified atom stereocenters. The quantitative estimate of drug-likeness (QED) is 0.404. The van der Waals surface area contributed by atoms with E-state index in [9.17, 15) is 4.39 Å². The van der Waals surface area contributed by atoms with Crippen molar-refractivity contribution in [2.45, 2.75) is 25.3 Å². The Morgan fingerprint density at radius 3 is 2.18 bits per heavy atom. The predicted molar refractivity (Wildman–Crippen MR) is 132 cm³/mol. The van der Waals surface area contributed by atoms with E-state index < -0.39 is 0 Å². The van der Waals surface area contributed by atoms with Gasteiger partial charge in [0.2, 0.25) is 0 Å². The molecule has 1 atom stereocenters. The van der Waals surface area contributed by atoms with Gasteiger partial charge in [0.1, 0.15) is 11.6 Å². The maximum atomic E-state index is 14.0. The number of hydrogen-bond acceptors (Lipinski definition) is 4. The van der Waals surface area contributed by atoms with Crippen LogP contribution in [-0.4, -0.2) is 51.0 Å². The summed E-state index contributed by atoms with van der Waals surface area (Å²) in [6.07, 6.45) is 1.69. The van der Waals surface area contributed by atoms with Gasteiger partial charge in [-0.05, 0) is 60.2 Å². The number of nitrogens with zero attached hydrogens (tertiary/aromatic N) is 1. The van der Waals surface area contributed by atoms with E-state index in [1.165, 1.54) is 17.2 Å². The van der Waals surface area contributed by atoms with Crippen LogP contribution in [0.2, 0.25) is 0 Å². The van der Waals surface area contributed by atoms with Gasteiger partial charge in [0.05, 0.1) is 13.7 Å². The molecule has 3 aromatic rings. The lowest BCUT2D eigenvalue weighted by molar-refractivity contribution is 0.141. The van der Waals surface area contributed by atoms with Gasteiger partial charge < -0.3 is 14.6 Å². The molecule has 0 spiro atoms. The molecule has 0 bridgehead atoms. The minimum Gasteiger partial charge on any atom is -0.496 e. The van der Waals surface area contributed by atoms with E-state index >= 15 is 0 Å². The molecule has 5 heteroatoms. The maximum Gasteiger partial charge on any atom is 0.123 e. The number of ether oxygens (including phenoxy) is 2. The molecular weight excluding hydrogens is 417 g/mol. The van der Waals surface area contributed by atoms with Gasteiger partial charge in [-0.3, -0.25) is 4.90 Å². The third kappa shape index (κ3) is 8.97. The van der Waals surface area contributed by atoms with Gasteiger partial charge >= 0.3 is 0 Å². The van der Waals surface area contributed by atoms with Crippen molar-refractivity contribution in [3.05, 3.63) is 101 Å². The number of aliphatic hydroxyl groups excluding tert-OH is 1.